The van der Waals surface area contributed by atoms with Crippen molar-refractivity contribution in [2.45, 2.75) is 5.41 Å². The topological polar surface area (TPSA) is 58.4 Å². The molecule has 2 aliphatic heterocycles. The number of primary amides is 1. The molecule has 4 nitrogen and oxygen atoms in total. The Bertz CT molecular complexity index is 424. The van der Waals surface area contributed by atoms with Crippen LogP contribution in [0.4, 0.5) is 10.5 Å². The van der Waals surface area contributed by atoms with Crippen LogP contribution in [-0.4, -0.2) is 30.6 Å². The Morgan fingerprint density at radius 2 is 2.13 bits per heavy atom. The van der Waals surface area contributed by atoms with Crippen molar-refractivity contribution in [2.24, 2.45) is 5.73 Å². The predicted molar refractivity (Wildman–Crippen MR) is 57.8 cm³/mol. The molecule has 2 aliphatic rings. The standard InChI is InChI=1S/C11H13N3O/c12-10(15)14-6-11(7-14)5-13-9-4-2-1-3-8(9)11/h1-4,13H,5-7H2,(H2,12,15). The van der Waals surface area contributed by atoms with Crippen LogP contribution in [0.15, 0.2) is 24.3 Å². The van der Waals surface area contributed by atoms with E-state index in [1.54, 1.807) is 4.90 Å². The molecule has 2 amide bonds. The molecule has 1 saturated heterocycles. The van der Waals surface area contributed by atoms with Crippen LogP contribution >= 0.6 is 0 Å². The summed E-state index contributed by atoms with van der Waals surface area (Å²) in [5.41, 5.74) is 7.87. The van der Waals surface area contributed by atoms with Gasteiger partial charge in [0.25, 0.3) is 0 Å². The second-order valence-electron chi connectivity index (χ2n) is 4.37. The van der Waals surface area contributed by atoms with E-state index in [0.29, 0.717) is 0 Å². The van der Waals surface area contributed by atoms with Crippen molar-refractivity contribution in [3.05, 3.63) is 29.8 Å². The number of rotatable bonds is 0. The molecule has 1 aromatic rings. The maximum absolute atomic E-state index is 11.0. The number of anilines is 1. The first kappa shape index (κ1) is 8.59. The van der Waals surface area contributed by atoms with Crippen LogP contribution in [0.25, 0.3) is 0 Å². The summed E-state index contributed by atoms with van der Waals surface area (Å²) in [5, 5.41) is 3.37. The van der Waals surface area contributed by atoms with Gasteiger partial charge in [0.15, 0.2) is 0 Å². The summed E-state index contributed by atoms with van der Waals surface area (Å²) in [6, 6.07) is 7.96. The van der Waals surface area contributed by atoms with Gasteiger partial charge in [-0.1, -0.05) is 18.2 Å². The second kappa shape index (κ2) is 2.66. The third-order valence-electron chi connectivity index (χ3n) is 3.41. The summed E-state index contributed by atoms with van der Waals surface area (Å²) >= 11 is 0. The highest BCUT2D eigenvalue weighted by Gasteiger charge is 2.49. The zero-order valence-corrected chi connectivity index (χ0v) is 8.36. The van der Waals surface area contributed by atoms with Crippen molar-refractivity contribution >= 4 is 11.7 Å². The van der Waals surface area contributed by atoms with Crippen LogP contribution in [0.1, 0.15) is 5.56 Å². The van der Waals surface area contributed by atoms with Crippen molar-refractivity contribution in [2.75, 3.05) is 25.0 Å². The number of urea groups is 1. The molecule has 3 rings (SSSR count). The normalized spacial score (nSPS) is 20.7. The van der Waals surface area contributed by atoms with E-state index >= 15 is 0 Å². The molecular weight excluding hydrogens is 190 g/mol. The molecule has 1 spiro atoms. The summed E-state index contributed by atoms with van der Waals surface area (Å²) in [6.07, 6.45) is 0. The summed E-state index contributed by atoms with van der Waals surface area (Å²) in [6.45, 7) is 2.40. The molecule has 3 N–H and O–H groups in total. The number of nitrogens with two attached hydrogens (primary N) is 1. The minimum atomic E-state index is -0.315. The third kappa shape index (κ3) is 1.04. The zero-order valence-electron chi connectivity index (χ0n) is 8.36. The molecule has 0 saturated carbocycles. The molecule has 0 radical (unpaired) electrons. The fourth-order valence-corrected chi connectivity index (χ4v) is 2.58. The quantitative estimate of drug-likeness (QED) is 0.653. The molecule has 0 aromatic heterocycles. The van der Waals surface area contributed by atoms with Crippen LogP contribution in [0, 0.1) is 0 Å². The van der Waals surface area contributed by atoms with Gasteiger partial charge in [0.2, 0.25) is 0 Å². The summed E-state index contributed by atoms with van der Waals surface area (Å²) in [5.74, 6) is 0. The molecule has 1 aromatic carbocycles. The Hall–Kier alpha value is -1.71. The molecule has 0 unspecified atom stereocenters. The van der Waals surface area contributed by atoms with E-state index in [0.717, 1.165) is 19.6 Å². The van der Waals surface area contributed by atoms with Crippen LogP contribution < -0.4 is 11.1 Å². The predicted octanol–water partition coefficient (Wildman–Crippen LogP) is 0.744. The first-order chi connectivity index (χ1) is 7.21. The van der Waals surface area contributed by atoms with Crippen LogP contribution in [0.3, 0.4) is 0 Å². The van der Waals surface area contributed by atoms with Gasteiger partial charge in [-0.05, 0) is 11.6 Å². The number of hydrogen-bond donors (Lipinski definition) is 2. The van der Waals surface area contributed by atoms with Gasteiger partial charge in [-0.3, -0.25) is 0 Å². The average Bonchev–Trinajstić information content (AvgIpc) is 2.54. The smallest absolute Gasteiger partial charge is 0.314 e. The minimum absolute atomic E-state index is 0.117. The van der Waals surface area contributed by atoms with Crippen LogP contribution in [0.2, 0.25) is 0 Å². The molecular formula is C11H13N3O. The highest BCUT2D eigenvalue weighted by molar-refractivity contribution is 5.75. The number of para-hydroxylation sites is 1. The van der Waals surface area contributed by atoms with Gasteiger partial charge in [-0.15, -0.1) is 0 Å². The van der Waals surface area contributed by atoms with E-state index in [2.05, 4.69) is 17.4 Å². The SMILES string of the molecule is NC(=O)N1CC2(CNc3ccccc32)C1. The highest BCUT2D eigenvalue weighted by atomic mass is 16.2. The van der Waals surface area contributed by atoms with E-state index < -0.39 is 0 Å². The van der Waals surface area contributed by atoms with E-state index in [1.165, 1.54) is 11.3 Å². The van der Waals surface area contributed by atoms with E-state index in [9.17, 15) is 4.79 Å². The maximum Gasteiger partial charge on any atom is 0.314 e. The largest absolute Gasteiger partial charge is 0.384 e. The number of carbonyl (C=O) groups excluding carboxylic acids is 1. The van der Waals surface area contributed by atoms with Gasteiger partial charge in [0, 0.05) is 30.7 Å². The number of carbonyl (C=O) groups is 1. The second-order valence-corrected chi connectivity index (χ2v) is 4.37. The zero-order chi connectivity index (χ0) is 10.5. The van der Waals surface area contributed by atoms with Gasteiger partial charge < -0.3 is 16.0 Å². The first-order valence-electron chi connectivity index (χ1n) is 5.09. The lowest BCUT2D eigenvalue weighted by Crippen LogP contribution is -2.63. The number of amides is 2. The molecule has 0 atom stereocenters. The fourth-order valence-electron chi connectivity index (χ4n) is 2.58. The molecule has 1 fully saturated rings. The maximum atomic E-state index is 11.0. The lowest BCUT2D eigenvalue weighted by Gasteiger charge is -2.47. The van der Waals surface area contributed by atoms with Gasteiger partial charge >= 0.3 is 6.03 Å². The minimum Gasteiger partial charge on any atom is -0.384 e. The number of fused-ring (bicyclic) bond motifs is 2. The molecule has 4 heteroatoms. The summed E-state index contributed by atoms with van der Waals surface area (Å²) in [7, 11) is 0. The van der Waals surface area contributed by atoms with Gasteiger partial charge in [-0.25, -0.2) is 4.79 Å². The van der Waals surface area contributed by atoms with Crippen molar-refractivity contribution in [3.8, 4) is 0 Å². The Morgan fingerprint density at radius 3 is 2.87 bits per heavy atom. The number of hydrogen-bond acceptors (Lipinski definition) is 2. The molecule has 0 aliphatic carbocycles. The Kier molecular flexibility index (Phi) is 1.52. The van der Waals surface area contributed by atoms with Gasteiger partial charge in [-0.2, -0.15) is 0 Å². The van der Waals surface area contributed by atoms with E-state index in [-0.39, 0.29) is 11.4 Å². The number of likely N-dealkylation sites (tertiary alicyclic amines) is 1. The van der Waals surface area contributed by atoms with Crippen LogP contribution in [0.5, 0.6) is 0 Å². The Labute approximate surface area is 88.1 Å². The highest BCUT2D eigenvalue weighted by Crippen LogP contribution is 2.42. The third-order valence-corrected chi connectivity index (χ3v) is 3.41. The van der Waals surface area contributed by atoms with Crippen molar-refractivity contribution in [3.63, 3.8) is 0 Å². The number of benzene rings is 1. The monoisotopic (exact) mass is 203 g/mol. The summed E-state index contributed by atoms with van der Waals surface area (Å²) in [4.78, 5) is 12.6. The first-order valence-corrected chi connectivity index (χ1v) is 5.09. The van der Waals surface area contributed by atoms with Crippen molar-refractivity contribution in [1.82, 2.24) is 4.90 Å². The fraction of sp³-hybridized carbons (Fsp3) is 0.364. The van der Waals surface area contributed by atoms with Gasteiger partial charge in [0.05, 0.1) is 0 Å². The number of nitrogens with zero attached hydrogens (tertiary/aromatic N) is 1. The average molecular weight is 203 g/mol. The summed E-state index contributed by atoms with van der Waals surface area (Å²) < 4.78 is 0. The lowest BCUT2D eigenvalue weighted by atomic mass is 9.75. The lowest BCUT2D eigenvalue weighted by molar-refractivity contribution is 0.110. The molecule has 2 heterocycles. The van der Waals surface area contributed by atoms with E-state index in [4.69, 9.17) is 5.73 Å². The molecule has 15 heavy (non-hydrogen) atoms. The molecule has 0 bridgehead atoms. The Morgan fingerprint density at radius 1 is 1.40 bits per heavy atom. The van der Waals surface area contributed by atoms with E-state index in [1.807, 2.05) is 12.1 Å². The number of nitrogens with one attached hydrogen (secondary N) is 1. The van der Waals surface area contributed by atoms with Crippen molar-refractivity contribution < 1.29 is 4.79 Å². The molecule has 78 valence electrons. The Balaban J connectivity index is 1.90. The van der Waals surface area contributed by atoms with Crippen LogP contribution in [-0.2, 0) is 5.41 Å². The van der Waals surface area contributed by atoms with Gasteiger partial charge in [0.1, 0.15) is 0 Å². The van der Waals surface area contributed by atoms with Crippen molar-refractivity contribution in [1.29, 1.82) is 0 Å².